The first-order valence-corrected chi connectivity index (χ1v) is 10.7. The second-order valence-corrected chi connectivity index (χ2v) is 8.92. The van der Waals surface area contributed by atoms with Gasteiger partial charge in [0, 0.05) is 10.2 Å². The minimum Gasteiger partial charge on any atom is -0.324 e. The fraction of sp³-hybridized carbons (Fsp3) is 0.571. The summed E-state index contributed by atoms with van der Waals surface area (Å²) in [6.07, 6.45) is 4.67. The van der Waals surface area contributed by atoms with E-state index in [-0.39, 0.29) is 36.1 Å². The summed E-state index contributed by atoms with van der Waals surface area (Å²) in [4.78, 5) is 39.5. The van der Waals surface area contributed by atoms with Crippen LogP contribution in [0.15, 0.2) is 16.6 Å². The van der Waals surface area contributed by atoms with Crippen LogP contribution in [-0.2, 0) is 27.2 Å². The van der Waals surface area contributed by atoms with Gasteiger partial charge >= 0.3 is 0 Å². The van der Waals surface area contributed by atoms with Crippen molar-refractivity contribution < 1.29 is 14.4 Å². The van der Waals surface area contributed by atoms with Gasteiger partial charge < -0.3 is 5.32 Å². The van der Waals surface area contributed by atoms with Gasteiger partial charge in [0.05, 0.1) is 11.8 Å². The Hall–Kier alpha value is -1.69. The average molecular weight is 433 g/mol. The molecule has 3 fully saturated rings. The third-order valence-corrected chi connectivity index (χ3v) is 7.07. The molecule has 1 heterocycles. The summed E-state index contributed by atoms with van der Waals surface area (Å²) in [7, 11) is 0. The average Bonchev–Trinajstić information content (AvgIpc) is 3.32. The molecule has 1 N–H and O–H groups in total. The van der Waals surface area contributed by atoms with Crippen LogP contribution in [0.25, 0.3) is 0 Å². The van der Waals surface area contributed by atoms with E-state index < -0.39 is 0 Å². The maximum absolute atomic E-state index is 12.8. The number of halogens is 1. The molecule has 4 rings (SSSR count). The largest absolute Gasteiger partial charge is 0.324 e. The smallest absolute Gasteiger partial charge is 0.244 e. The number of imide groups is 1. The molecule has 3 aliphatic rings. The number of hydrogen-bond donors (Lipinski definition) is 1. The molecular formula is C21H25BrN2O3. The van der Waals surface area contributed by atoms with Gasteiger partial charge in [-0.25, -0.2) is 0 Å². The van der Waals surface area contributed by atoms with E-state index in [0.29, 0.717) is 11.8 Å². The molecule has 27 heavy (non-hydrogen) atoms. The number of carbonyl (C=O) groups is 3. The van der Waals surface area contributed by atoms with Crippen LogP contribution in [0.4, 0.5) is 5.69 Å². The van der Waals surface area contributed by atoms with Crippen molar-refractivity contribution in [2.45, 2.75) is 46.0 Å². The number of carbonyl (C=O) groups excluding carboxylic acids is 3. The molecule has 0 unspecified atom stereocenters. The zero-order valence-electron chi connectivity index (χ0n) is 15.8. The highest BCUT2D eigenvalue weighted by Gasteiger charge is 2.60. The Morgan fingerprint density at radius 2 is 1.59 bits per heavy atom. The minimum absolute atomic E-state index is 0.130. The van der Waals surface area contributed by atoms with Crippen LogP contribution in [0.1, 0.15) is 44.2 Å². The van der Waals surface area contributed by atoms with Crippen LogP contribution in [0.2, 0.25) is 0 Å². The van der Waals surface area contributed by atoms with Gasteiger partial charge in [0.25, 0.3) is 0 Å². The fourth-order valence-corrected chi connectivity index (χ4v) is 5.94. The molecule has 0 aromatic heterocycles. The Bertz CT molecular complexity index is 769. The second kappa shape index (κ2) is 7.04. The number of benzene rings is 1. The van der Waals surface area contributed by atoms with Crippen molar-refractivity contribution >= 4 is 39.3 Å². The lowest BCUT2D eigenvalue weighted by atomic mass is 9.81. The molecule has 1 aliphatic heterocycles. The summed E-state index contributed by atoms with van der Waals surface area (Å²) in [5, 5.41) is 2.97. The summed E-state index contributed by atoms with van der Waals surface area (Å²) >= 11 is 3.52. The SMILES string of the molecule is CCc1cc(Br)cc(CC)c1NC(=O)CN1C(=O)[C@@H]2[C@H]3CC[C@@H](C3)[C@H]2C1=O. The van der Waals surface area contributed by atoms with Crippen LogP contribution in [0.5, 0.6) is 0 Å². The molecule has 6 heteroatoms. The molecular weight excluding hydrogens is 408 g/mol. The van der Waals surface area contributed by atoms with Gasteiger partial charge in [-0.3, -0.25) is 19.3 Å². The van der Waals surface area contributed by atoms with E-state index >= 15 is 0 Å². The summed E-state index contributed by atoms with van der Waals surface area (Å²) < 4.78 is 0.988. The molecule has 144 valence electrons. The zero-order chi connectivity index (χ0) is 19.3. The van der Waals surface area contributed by atoms with Gasteiger partial charge in [-0.15, -0.1) is 0 Å². The van der Waals surface area contributed by atoms with E-state index in [2.05, 4.69) is 21.2 Å². The zero-order valence-corrected chi connectivity index (χ0v) is 17.3. The number of likely N-dealkylation sites (tertiary alicyclic amines) is 1. The fourth-order valence-electron chi connectivity index (χ4n) is 5.39. The summed E-state index contributed by atoms with van der Waals surface area (Å²) in [6.45, 7) is 3.91. The van der Waals surface area contributed by atoms with Gasteiger partial charge in [0.2, 0.25) is 17.7 Å². The van der Waals surface area contributed by atoms with Crippen LogP contribution in [0, 0.1) is 23.7 Å². The molecule has 0 radical (unpaired) electrons. The number of anilines is 1. The number of hydrogen-bond acceptors (Lipinski definition) is 3. The Labute approximate surface area is 168 Å². The Kier molecular flexibility index (Phi) is 4.87. The lowest BCUT2D eigenvalue weighted by Gasteiger charge is -2.19. The van der Waals surface area contributed by atoms with E-state index in [1.165, 1.54) is 4.90 Å². The standard InChI is InChI=1S/C21H25BrN2O3/c1-3-11-8-15(22)9-12(4-2)19(11)23-16(25)10-24-20(26)17-13-5-6-14(7-13)18(17)21(24)27/h8-9,13-14,17-18H,3-7,10H2,1-2H3,(H,23,25)/t13-,14-,17+,18+/m0/s1. The monoisotopic (exact) mass is 432 g/mol. The van der Waals surface area contributed by atoms with Crippen LogP contribution in [-0.4, -0.2) is 29.2 Å². The number of nitrogens with one attached hydrogen (secondary N) is 1. The van der Waals surface area contributed by atoms with Gasteiger partial charge in [0.1, 0.15) is 6.54 Å². The number of rotatable bonds is 5. The van der Waals surface area contributed by atoms with Gasteiger partial charge in [-0.05, 0) is 67.2 Å². The van der Waals surface area contributed by atoms with Crippen molar-refractivity contribution in [3.63, 3.8) is 0 Å². The Balaban J connectivity index is 1.51. The van der Waals surface area contributed by atoms with E-state index in [1.807, 2.05) is 26.0 Å². The first kappa shape index (κ1) is 18.7. The van der Waals surface area contributed by atoms with Gasteiger partial charge in [-0.2, -0.15) is 0 Å². The van der Waals surface area contributed by atoms with Crippen molar-refractivity contribution in [2.24, 2.45) is 23.7 Å². The highest BCUT2D eigenvalue weighted by atomic mass is 79.9. The molecule has 2 bridgehead atoms. The predicted molar refractivity (Wildman–Crippen MR) is 106 cm³/mol. The van der Waals surface area contributed by atoms with Crippen molar-refractivity contribution in [2.75, 3.05) is 11.9 Å². The quantitative estimate of drug-likeness (QED) is 0.723. The molecule has 1 aromatic carbocycles. The molecule has 0 spiro atoms. The first-order valence-electron chi connectivity index (χ1n) is 9.90. The summed E-state index contributed by atoms with van der Waals surface area (Å²) in [6, 6.07) is 4.01. The number of nitrogens with zero attached hydrogens (tertiary/aromatic N) is 1. The maximum Gasteiger partial charge on any atom is 0.244 e. The van der Waals surface area contributed by atoms with E-state index in [0.717, 1.165) is 53.4 Å². The molecule has 4 atom stereocenters. The van der Waals surface area contributed by atoms with Crippen molar-refractivity contribution in [1.29, 1.82) is 0 Å². The van der Waals surface area contributed by atoms with Gasteiger partial charge in [-0.1, -0.05) is 29.8 Å². The van der Waals surface area contributed by atoms with Crippen molar-refractivity contribution in [3.05, 3.63) is 27.7 Å². The lowest BCUT2D eigenvalue weighted by Crippen LogP contribution is -2.39. The third-order valence-electron chi connectivity index (χ3n) is 6.61. The minimum atomic E-state index is -0.296. The molecule has 2 saturated carbocycles. The number of amides is 3. The van der Waals surface area contributed by atoms with E-state index in [1.54, 1.807) is 0 Å². The maximum atomic E-state index is 12.8. The summed E-state index contributed by atoms with van der Waals surface area (Å²) in [5.41, 5.74) is 2.90. The summed E-state index contributed by atoms with van der Waals surface area (Å²) in [5.74, 6) is -0.216. The highest BCUT2D eigenvalue weighted by Crippen LogP contribution is 2.56. The highest BCUT2D eigenvalue weighted by molar-refractivity contribution is 9.10. The topological polar surface area (TPSA) is 66.5 Å². The van der Waals surface area contributed by atoms with Gasteiger partial charge in [0.15, 0.2) is 0 Å². The molecule has 1 aromatic rings. The third kappa shape index (κ3) is 3.02. The van der Waals surface area contributed by atoms with E-state index in [9.17, 15) is 14.4 Å². The first-order chi connectivity index (χ1) is 12.9. The van der Waals surface area contributed by atoms with Crippen molar-refractivity contribution in [1.82, 2.24) is 4.90 Å². The molecule has 5 nitrogen and oxygen atoms in total. The lowest BCUT2D eigenvalue weighted by molar-refractivity contribution is -0.143. The molecule has 2 aliphatic carbocycles. The van der Waals surface area contributed by atoms with Crippen LogP contribution in [0.3, 0.4) is 0 Å². The Morgan fingerprint density at radius 3 is 2.07 bits per heavy atom. The van der Waals surface area contributed by atoms with Crippen molar-refractivity contribution in [3.8, 4) is 0 Å². The van der Waals surface area contributed by atoms with E-state index in [4.69, 9.17) is 0 Å². The molecule has 1 saturated heterocycles. The normalized spacial score (nSPS) is 28.8. The number of aryl methyl sites for hydroxylation is 2. The predicted octanol–water partition coefficient (Wildman–Crippen LogP) is 3.54. The second-order valence-electron chi connectivity index (χ2n) is 8.00. The molecule has 3 amide bonds. The Morgan fingerprint density at radius 1 is 1.07 bits per heavy atom. The van der Waals surface area contributed by atoms with Crippen LogP contribution < -0.4 is 5.32 Å². The number of fused-ring (bicyclic) bond motifs is 5. The van der Waals surface area contributed by atoms with Crippen LogP contribution >= 0.6 is 15.9 Å².